The second-order valence-electron chi connectivity index (χ2n) is 2.78. The maximum Gasteiger partial charge on any atom is 0.221 e. The molecule has 1 rings (SSSR count). The lowest BCUT2D eigenvalue weighted by Crippen LogP contribution is -2.07. The molecule has 0 saturated carbocycles. The van der Waals surface area contributed by atoms with Crippen LogP contribution in [0.5, 0.6) is 0 Å². The van der Waals surface area contributed by atoms with Gasteiger partial charge in [0.1, 0.15) is 0 Å². The summed E-state index contributed by atoms with van der Waals surface area (Å²) in [5.41, 5.74) is 6.78. The molecule has 0 aliphatic heterocycles. The number of hydrogen-bond donors (Lipinski definition) is 1. The highest BCUT2D eigenvalue weighted by Gasteiger charge is 1.90. The fraction of sp³-hybridized carbons (Fsp3) is 0.200. The lowest BCUT2D eigenvalue weighted by atomic mass is 10.2. The highest BCUT2D eigenvalue weighted by Crippen LogP contribution is 2.00. The molecule has 2 N–H and O–H groups in total. The first-order valence-electron chi connectivity index (χ1n) is 4.07. The molecular formula is C10H12N2O. The van der Waals surface area contributed by atoms with Gasteiger partial charge in [0.25, 0.3) is 0 Å². The number of primary amides is 1. The third kappa shape index (κ3) is 3.51. The van der Waals surface area contributed by atoms with Gasteiger partial charge in [-0.2, -0.15) is 0 Å². The zero-order valence-corrected chi connectivity index (χ0v) is 7.53. The normalized spacial score (nSPS) is 10.5. The minimum atomic E-state index is -0.330. The van der Waals surface area contributed by atoms with Crippen molar-refractivity contribution in [1.82, 2.24) is 4.98 Å². The van der Waals surface area contributed by atoms with Gasteiger partial charge >= 0.3 is 0 Å². The van der Waals surface area contributed by atoms with Crippen LogP contribution in [0.2, 0.25) is 0 Å². The Labute approximate surface area is 77.3 Å². The predicted octanol–water partition coefficient (Wildman–Crippen LogP) is 1.28. The molecule has 0 unspecified atom stereocenters. The summed E-state index contributed by atoms with van der Waals surface area (Å²) in [6.07, 6.45) is 3.76. The molecule has 0 aromatic carbocycles. The summed E-state index contributed by atoms with van der Waals surface area (Å²) in [5.74, 6) is -0.330. The van der Waals surface area contributed by atoms with Crippen LogP contribution in [0.25, 0.3) is 6.08 Å². The van der Waals surface area contributed by atoms with Gasteiger partial charge in [-0.05, 0) is 25.1 Å². The molecule has 0 aliphatic carbocycles. The molecule has 1 heterocycles. The number of hydrogen-bond acceptors (Lipinski definition) is 2. The van der Waals surface area contributed by atoms with Gasteiger partial charge in [-0.25, -0.2) is 0 Å². The van der Waals surface area contributed by atoms with E-state index in [0.29, 0.717) is 0 Å². The maximum atomic E-state index is 10.4. The molecule has 3 nitrogen and oxygen atoms in total. The number of amides is 1. The van der Waals surface area contributed by atoms with Crippen LogP contribution < -0.4 is 5.73 Å². The number of rotatable bonds is 3. The number of nitrogens with two attached hydrogens (primary N) is 1. The van der Waals surface area contributed by atoms with E-state index in [9.17, 15) is 4.79 Å². The Morgan fingerprint density at radius 3 is 3.00 bits per heavy atom. The topological polar surface area (TPSA) is 56.0 Å². The lowest BCUT2D eigenvalue weighted by Gasteiger charge is -1.93. The van der Waals surface area contributed by atoms with Crippen LogP contribution in [0.4, 0.5) is 0 Å². The number of carbonyl (C=O) groups is 1. The van der Waals surface area contributed by atoms with E-state index >= 15 is 0 Å². The maximum absolute atomic E-state index is 10.4. The monoisotopic (exact) mass is 176 g/mol. The first-order valence-corrected chi connectivity index (χ1v) is 4.07. The van der Waals surface area contributed by atoms with Gasteiger partial charge in [-0.15, -0.1) is 0 Å². The lowest BCUT2D eigenvalue weighted by molar-refractivity contribution is -0.117. The van der Waals surface area contributed by atoms with Crippen molar-refractivity contribution < 1.29 is 4.79 Å². The van der Waals surface area contributed by atoms with Crippen molar-refractivity contribution in [2.75, 3.05) is 0 Å². The highest BCUT2D eigenvalue weighted by atomic mass is 16.1. The van der Waals surface area contributed by atoms with Crippen molar-refractivity contribution in [3.63, 3.8) is 0 Å². The van der Waals surface area contributed by atoms with Crippen molar-refractivity contribution in [2.24, 2.45) is 5.73 Å². The molecule has 1 amide bonds. The molecule has 0 bridgehead atoms. The van der Waals surface area contributed by atoms with Crippen LogP contribution in [-0.2, 0) is 4.79 Å². The molecular weight excluding hydrogens is 164 g/mol. The average molecular weight is 176 g/mol. The number of nitrogens with zero attached hydrogens (tertiary/aromatic N) is 1. The fourth-order valence-corrected chi connectivity index (χ4v) is 0.953. The van der Waals surface area contributed by atoms with Crippen LogP contribution in [-0.4, -0.2) is 10.9 Å². The molecule has 0 saturated heterocycles. The third-order valence-electron chi connectivity index (χ3n) is 1.52. The summed E-state index contributed by atoms with van der Waals surface area (Å²) in [6, 6.07) is 5.72. The van der Waals surface area contributed by atoms with Crippen molar-refractivity contribution in [3.05, 3.63) is 35.7 Å². The fourth-order valence-electron chi connectivity index (χ4n) is 0.953. The average Bonchev–Trinajstić information content (AvgIpc) is 2.03. The minimum absolute atomic E-state index is 0.260. The van der Waals surface area contributed by atoms with E-state index in [-0.39, 0.29) is 12.3 Å². The van der Waals surface area contributed by atoms with Gasteiger partial charge < -0.3 is 5.73 Å². The summed E-state index contributed by atoms with van der Waals surface area (Å²) >= 11 is 0. The molecule has 1 aromatic heterocycles. The largest absolute Gasteiger partial charge is 0.369 e. The summed E-state index contributed by atoms with van der Waals surface area (Å²) in [7, 11) is 0. The van der Waals surface area contributed by atoms with Crippen LogP contribution in [0, 0.1) is 6.92 Å². The first-order chi connectivity index (χ1) is 6.18. The number of aromatic nitrogens is 1. The van der Waals surface area contributed by atoms with Gasteiger partial charge in [-0.3, -0.25) is 9.78 Å². The van der Waals surface area contributed by atoms with E-state index < -0.39 is 0 Å². The van der Waals surface area contributed by atoms with Crippen molar-refractivity contribution in [1.29, 1.82) is 0 Å². The Hall–Kier alpha value is -1.64. The van der Waals surface area contributed by atoms with Crippen molar-refractivity contribution in [3.8, 4) is 0 Å². The second-order valence-corrected chi connectivity index (χ2v) is 2.78. The standard InChI is InChI=1S/C10H12N2O/c1-8-4-2-5-9(12-8)6-3-7-10(11)13/h2-6H,7H2,1H3,(H2,11,13). The summed E-state index contributed by atoms with van der Waals surface area (Å²) in [4.78, 5) is 14.6. The Bertz CT molecular complexity index is 331. The van der Waals surface area contributed by atoms with Crippen LogP contribution >= 0.6 is 0 Å². The van der Waals surface area contributed by atoms with Crippen LogP contribution in [0.3, 0.4) is 0 Å². The van der Waals surface area contributed by atoms with Crippen LogP contribution in [0.1, 0.15) is 17.8 Å². The van der Waals surface area contributed by atoms with E-state index in [4.69, 9.17) is 5.73 Å². The molecule has 0 aliphatic rings. The smallest absolute Gasteiger partial charge is 0.221 e. The molecule has 1 aromatic rings. The zero-order valence-electron chi connectivity index (χ0n) is 7.53. The SMILES string of the molecule is Cc1cccc(C=CCC(N)=O)n1. The Kier molecular flexibility index (Phi) is 3.20. The van der Waals surface area contributed by atoms with Gasteiger partial charge in [-0.1, -0.05) is 12.1 Å². The molecule has 68 valence electrons. The summed E-state index contributed by atoms with van der Waals surface area (Å²) in [5, 5.41) is 0. The molecule has 13 heavy (non-hydrogen) atoms. The molecule has 0 fully saturated rings. The number of pyridine rings is 1. The molecule has 3 heteroatoms. The third-order valence-corrected chi connectivity index (χ3v) is 1.52. The number of aryl methyl sites for hydroxylation is 1. The summed E-state index contributed by atoms with van der Waals surface area (Å²) in [6.45, 7) is 1.92. The van der Waals surface area contributed by atoms with E-state index in [0.717, 1.165) is 11.4 Å². The molecule has 0 atom stereocenters. The van der Waals surface area contributed by atoms with E-state index in [1.54, 1.807) is 12.2 Å². The zero-order chi connectivity index (χ0) is 9.68. The van der Waals surface area contributed by atoms with Crippen molar-refractivity contribution >= 4 is 12.0 Å². The van der Waals surface area contributed by atoms with Gasteiger partial charge in [0.05, 0.1) is 5.69 Å². The second kappa shape index (κ2) is 4.40. The predicted molar refractivity (Wildman–Crippen MR) is 51.8 cm³/mol. The molecule has 0 spiro atoms. The van der Waals surface area contributed by atoms with Crippen LogP contribution in [0.15, 0.2) is 24.3 Å². The summed E-state index contributed by atoms with van der Waals surface area (Å²) < 4.78 is 0. The minimum Gasteiger partial charge on any atom is -0.369 e. The number of carbonyl (C=O) groups excluding carboxylic acids is 1. The van der Waals surface area contributed by atoms with Gasteiger partial charge in [0, 0.05) is 12.1 Å². The Morgan fingerprint density at radius 1 is 1.62 bits per heavy atom. The van der Waals surface area contributed by atoms with Gasteiger partial charge in [0.15, 0.2) is 0 Å². The molecule has 0 radical (unpaired) electrons. The van der Waals surface area contributed by atoms with E-state index in [1.807, 2.05) is 25.1 Å². The van der Waals surface area contributed by atoms with Gasteiger partial charge in [0.2, 0.25) is 5.91 Å². The van der Waals surface area contributed by atoms with Crippen molar-refractivity contribution in [2.45, 2.75) is 13.3 Å². The Balaban J connectivity index is 2.63. The quantitative estimate of drug-likeness (QED) is 0.754. The first kappa shape index (κ1) is 9.45. The van der Waals surface area contributed by atoms with E-state index in [1.165, 1.54) is 0 Å². The highest BCUT2D eigenvalue weighted by molar-refractivity contribution is 5.76. The van der Waals surface area contributed by atoms with E-state index in [2.05, 4.69) is 4.98 Å². The Morgan fingerprint density at radius 2 is 2.38 bits per heavy atom.